The summed E-state index contributed by atoms with van der Waals surface area (Å²) in [6.45, 7) is -2.26. The molecule has 7 heteroatoms. The van der Waals surface area contributed by atoms with E-state index < -0.39 is 25.2 Å². The zero-order valence-electron chi connectivity index (χ0n) is 9.25. The average Bonchev–Trinajstić information content (AvgIpc) is 2.26. The predicted molar refractivity (Wildman–Crippen MR) is 63.2 cm³/mol. The Morgan fingerprint density at radius 3 is 2.44 bits per heavy atom. The lowest BCUT2D eigenvalue weighted by Gasteiger charge is -2.23. The van der Waals surface area contributed by atoms with Gasteiger partial charge >= 0.3 is 6.18 Å². The third-order valence-electron chi connectivity index (χ3n) is 2.13. The maximum Gasteiger partial charge on any atom is 0.406 e. The molecule has 1 aromatic rings. The van der Waals surface area contributed by atoms with Crippen molar-refractivity contribution in [2.75, 3.05) is 19.7 Å². The number of hydrogen-bond donors (Lipinski definition) is 1. The second-order valence-electron chi connectivity index (χ2n) is 3.55. The summed E-state index contributed by atoms with van der Waals surface area (Å²) in [6, 6.07) is 6.20. The fourth-order valence-electron chi connectivity index (χ4n) is 1.39. The number of hydrogen-bond acceptors (Lipinski definition) is 2. The quantitative estimate of drug-likeness (QED) is 0.923. The van der Waals surface area contributed by atoms with Gasteiger partial charge in [-0.15, -0.1) is 0 Å². The first kappa shape index (κ1) is 15.0. The molecule has 0 aliphatic rings. The average molecular weight is 326 g/mol. The molecule has 0 unspecified atom stereocenters. The largest absolute Gasteiger partial charge is 0.406 e. The number of aliphatic hydroxyl groups is 1. The lowest BCUT2D eigenvalue weighted by molar-refractivity contribution is -0.141. The van der Waals surface area contributed by atoms with E-state index in [9.17, 15) is 18.0 Å². The smallest absolute Gasteiger partial charge is 0.395 e. The first-order chi connectivity index (χ1) is 8.35. The molecule has 1 aromatic carbocycles. The van der Waals surface area contributed by atoms with Gasteiger partial charge in [0, 0.05) is 11.0 Å². The Kier molecular flexibility index (Phi) is 5.15. The van der Waals surface area contributed by atoms with Gasteiger partial charge in [0.05, 0.1) is 12.2 Å². The molecule has 3 nitrogen and oxygen atoms in total. The summed E-state index contributed by atoms with van der Waals surface area (Å²) < 4.78 is 37.4. The van der Waals surface area contributed by atoms with Crippen molar-refractivity contribution >= 4 is 21.8 Å². The van der Waals surface area contributed by atoms with E-state index in [0.717, 1.165) is 0 Å². The Morgan fingerprint density at radius 2 is 1.94 bits per heavy atom. The number of benzene rings is 1. The van der Waals surface area contributed by atoms with Gasteiger partial charge in [0.1, 0.15) is 6.54 Å². The topological polar surface area (TPSA) is 40.5 Å². The van der Waals surface area contributed by atoms with Gasteiger partial charge in [0.25, 0.3) is 5.91 Å². The van der Waals surface area contributed by atoms with Crippen LogP contribution in [0.3, 0.4) is 0 Å². The highest BCUT2D eigenvalue weighted by molar-refractivity contribution is 9.10. The first-order valence-corrected chi connectivity index (χ1v) is 5.86. The van der Waals surface area contributed by atoms with Crippen LogP contribution in [0.5, 0.6) is 0 Å². The van der Waals surface area contributed by atoms with Gasteiger partial charge < -0.3 is 10.0 Å². The van der Waals surface area contributed by atoms with Crippen molar-refractivity contribution in [1.82, 2.24) is 4.90 Å². The van der Waals surface area contributed by atoms with Gasteiger partial charge in [-0.1, -0.05) is 12.1 Å². The number of carbonyl (C=O) groups excluding carboxylic acids is 1. The van der Waals surface area contributed by atoms with Crippen LogP contribution in [0.2, 0.25) is 0 Å². The van der Waals surface area contributed by atoms with E-state index in [1.54, 1.807) is 18.2 Å². The molecule has 0 saturated heterocycles. The zero-order chi connectivity index (χ0) is 13.8. The van der Waals surface area contributed by atoms with Crippen LogP contribution in [-0.4, -0.2) is 41.8 Å². The fraction of sp³-hybridized carbons (Fsp3) is 0.364. The van der Waals surface area contributed by atoms with Gasteiger partial charge in [-0.3, -0.25) is 4.79 Å². The summed E-state index contributed by atoms with van der Waals surface area (Å²) in [7, 11) is 0. The van der Waals surface area contributed by atoms with Gasteiger partial charge in [0.15, 0.2) is 0 Å². The van der Waals surface area contributed by atoms with Crippen molar-refractivity contribution in [3.05, 3.63) is 34.3 Å². The standard InChI is InChI=1S/C11H11BrF3NO2/c12-9-4-2-1-3-8(9)10(18)16(5-6-17)7-11(13,14)15/h1-4,17H,5-7H2. The van der Waals surface area contributed by atoms with E-state index in [-0.39, 0.29) is 12.1 Å². The fourth-order valence-corrected chi connectivity index (χ4v) is 1.85. The van der Waals surface area contributed by atoms with Crippen LogP contribution in [0, 0.1) is 0 Å². The van der Waals surface area contributed by atoms with E-state index >= 15 is 0 Å². The van der Waals surface area contributed by atoms with E-state index in [0.29, 0.717) is 9.37 Å². The van der Waals surface area contributed by atoms with E-state index in [1.165, 1.54) is 6.07 Å². The molecule has 0 radical (unpaired) electrons. The number of amides is 1. The summed E-state index contributed by atoms with van der Waals surface area (Å²) in [5, 5.41) is 8.73. The SMILES string of the molecule is O=C(c1ccccc1Br)N(CCO)CC(F)(F)F. The lowest BCUT2D eigenvalue weighted by atomic mass is 10.2. The Morgan fingerprint density at radius 1 is 1.33 bits per heavy atom. The second kappa shape index (κ2) is 6.19. The zero-order valence-corrected chi connectivity index (χ0v) is 10.8. The molecule has 0 fully saturated rings. The van der Waals surface area contributed by atoms with Gasteiger partial charge in [-0.2, -0.15) is 13.2 Å². The second-order valence-corrected chi connectivity index (χ2v) is 4.40. The van der Waals surface area contributed by atoms with Crippen LogP contribution in [0.1, 0.15) is 10.4 Å². The van der Waals surface area contributed by atoms with Gasteiger partial charge in [0.2, 0.25) is 0 Å². The predicted octanol–water partition coefficient (Wildman–Crippen LogP) is 2.45. The minimum atomic E-state index is -4.49. The summed E-state index contributed by atoms with van der Waals surface area (Å²) in [5.74, 6) is -0.770. The Balaban J connectivity index is 2.93. The molecular formula is C11H11BrF3NO2. The third-order valence-corrected chi connectivity index (χ3v) is 2.82. The molecule has 1 amide bonds. The van der Waals surface area contributed by atoms with Crippen LogP contribution in [-0.2, 0) is 0 Å². The molecule has 0 aliphatic carbocycles. The van der Waals surface area contributed by atoms with E-state index in [4.69, 9.17) is 5.11 Å². The Bertz CT molecular complexity index is 423. The highest BCUT2D eigenvalue weighted by Gasteiger charge is 2.33. The molecule has 0 aromatic heterocycles. The molecule has 0 heterocycles. The van der Waals surface area contributed by atoms with Crippen LogP contribution in [0.4, 0.5) is 13.2 Å². The molecular weight excluding hydrogens is 315 g/mol. The number of aliphatic hydroxyl groups excluding tert-OH is 1. The lowest BCUT2D eigenvalue weighted by Crippen LogP contribution is -2.40. The summed E-state index contributed by atoms with van der Waals surface area (Å²) in [5.41, 5.74) is 0.134. The van der Waals surface area contributed by atoms with Crippen molar-refractivity contribution in [2.24, 2.45) is 0 Å². The van der Waals surface area contributed by atoms with Crippen molar-refractivity contribution < 1.29 is 23.1 Å². The summed E-state index contributed by atoms with van der Waals surface area (Å²) >= 11 is 3.10. The van der Waals surface area contributed by atoms with E-state index in [1.807, 2.05) is 0 Å². The van der Waals surface area contributed by atoms with Crippen molar-refractivity contribution in [3.8, 4) is 0 Å². The van der Waals surface area contributed by atoms with Crippen molar-refractivity contribution in [1.29, 1.82) is 0 Å². The van der Waals surface area contributed by atoms with Crippen molar-refractivity contribution in [2.45, 2.75) is 6.18 Å². The molecule has 0 bridgehead atoms. The number of halogens is 4. The number of alkyl halides is 3. The maximum absolute atomic E-state index is 12.3. The molecule has 100 valence electrons. The number of nitrogens with zero attached hydrogens (tertiary/aromatic N) is 1. The number of carbonyl (C=O) groups is 1. The normalized spacial score (nSPS) is 11.4. The Hall–Kier alpha value is -1.08. The minimum Gasteiger partial charge on any atom is -0.395 e. The summed E-state index contributed by atoms with van der Waals surface area (Å²) in [6.07, 6.45) is -4.49. The van der Waals surface area contributed by atoms with Crippen molar-refractivity contribution in [3.63, 3.8) is 0 Å². The van der Waals surface area contributed by atoms with Crippen LogP contribution >= 0.6 is 15.9 Å². The van der Waals surface area contributed by atoms with Gasteiger partial charge in [-0.25, -0.2) is 0 Å². The first-order valence-electron chi connectivity index (χ1n) is 5.06. The molecule has 1 rings (SSSR count). The molecule has 18 heavy (non-hydrogen) atoms. The third kappa shape index (κ3) is 4.30. The molecule has 0 atom stereocenters. The molecule has 1 N–H and O–H groups in total. The highest BCUT2D eigenvalue weighted by Crippen LogP contribution is 2.21. The van der Waals surface area contributed by atoms with Crippen LogP contribution < -0.4 is 0 Å². The molecule has 0 spiro atoms. The highest BCUT2D eigenvalue weighted by atomic mass is 79.9. The van der Waals surface area contributed by atoms with Crippen LogP contribution in [0.15, 0.2) is 28.7 Å². The monoisotopic (exact) mass is 325 g/mol. The molecule has 0 aliphatic heterocycles. The number of rotatable bonds is 4. The van der Waals surface area contributed by atoms with E-state index in [2.05, 4.69) is 15.9 Å². The molecule has 0 saturated carbocycles. The minimum absolute atomic E-state index is 0.134. The Labute approximate surface area is 110 Å². The maximum atomic E-state index is 12.3. The van der Waals surface area contributed by atoms with Gasteiger partial charge in [-0.05, 0) is 28.1 Å². The summed E-state index contributed by atoms with van der Waals surface area (Å²) in [4.78, 5) is 12.5. The van der Waals surface area contributed by atoms with Crippen LogP contribution in [0.25, 0.3) is 0 Å².